The van der Waals surface area contributed by atoms with Crippen LogP contribution < -0.4 is 10.0 Å². The third kappa shape index (κ3) is 4.95. The second-order valence-corrected chi connectivity index (χ2v) is 8.00. The molecule has 0 spiro atoms. The number of nitrogens with zero attached hydrogens (tertiary/aromatic N) is 2. The first-order valence-corrected chi connectivity index (χ1v) is 11.0. The van der Waals surface area contributed by atoms with Crippen molar-refractivity contribution < 1.29 is 24.3 Å². The van der Waals surface area contributed by atoms with E-state index in [0.717, 1.165) is 44.8 Å². The summed E-state index contributed by atoms with van der Waals surface area (Å²) in [7, 11) is 0. The number of rotatable bonds is 8. The van der Waals surface area contributed by atoms with Crippen molar-refractivity contribution in [1.29, 1.82) is 0 Å². The summed E-state index contributed by atoms with van der Waals surface area (Å²) in [6.45, 7) is 4.67. The minimum Gasteiger partial charge on any atom is -0.868 e. The van der Waals surface area contributed by atoms with Crippen molar-refractivity contribution >= 4 is 17.8 Å². The average Bonchev–Trinajstić information content (AvgIpc) is 3.09. The highest BCUT2D eigenvalue weighted by molar-refractivity contribution is 6.14. The minimum atomic E-state index is -0.722. The van der Waals surface area contributed by atoms with Gasteiger partial charge in [-0.1, -0.05) is 42.5 Å². The van der Waals surface area contributed by atoms with Gasteiger partial charge in [-0.05, 0) is 29.0 Å². The minimum absolute atomic E-state index is 0.00565. The Morgan fingerprint density at radius 3 is 2.69 bits per heavy atom. The van der Waals surface area contributed by atoms with Crippen molar-refractivity contribution in [2.75, 3.05) is 39.4 Å². The molecule has 0 radical (unpaired) electrons. The highest BCUT2D eigenvalue weighted by Crippen LogP contribution is 2.36. The molecular weight excluding hydrogens is 406 g/mol. The normalized spacial score (nSPS) is 19.8. The summed E-state index contributed by atoms with van der Waals surface area (Å²) in [4.78, 5) is 33.1. The lowest BCUT2D eigenvalue weighted by atomic mass is 9.96. The molecule has 166 valence electrons. The molecule has 1 atom stereocenters. The summed E-state index contributed by atoms with van der Waals surface area (Å²) in [6.07, 6.45) is 7.03. The number of carbonyl (C=O) groups is 2. The number of aromatic nitrogens is 1. The number of morpholine rings is 1. The van der Waals surface area contributed by atoms with Gasteiger partial charge in [0, 0.05) is 30.9 Å². The van der Waals surface area contributed by atoms with Gasteiger partial charge in [0.25, 0.3) is 0 Å². The highest BCUT2D eigenvalue weighted by atomic mass is 16.5. The molecule has 0 bridgehead atoms. The fraction of sp³-hybridized carbons (Fsp3) is 0.320. The zero-order valence-electron chi connectivity index (χ0n) is 17.9. The van der Waals surface area contributed by atoms with Crippen molar-refractivity contribution in [3.05, 3.63) is 83.4 Å². The van der Waals surface area contributed by atoms with E-state index in [1.807, 2.05) is 30.3 Å². The SMILES string of the molecule is O=C(C=Cc1ccccc1)C1=C([O-])C(=O)N(CCC[NH+]2CCOCC2)C1c1cccnc1. The van der Waals surface area contributed by atoms with E-state index in [9.17, 15) is 14.7 Å². The van der Waals surface area contributed by atoms with Gasteiger partial charge in [0.1, 0.15) is 13.1 Å². The molecule has 2 aliphatic heterocycles. The number of ketones is 1. The molecule has 0 saturated carbocycles. The Bertz CT molecular complexity index is 998. The number of hydrogen-bond acceptors (Lipinski definition) is 5. The molecule has 2 aliphatic rings. The molecule has 1 fully saturated rings. The lowest BCUT2D eigenvalue weighted by Gasteiger charge is -2.29. The first-order chi connectivity index (χ1) is 15.6. The third-order valence-corrected chi connectivity index (χ3v) is 5.91. The summed E-state index contributed by atoms with van der Waals surface area (Å²) in [5.74, 6) is -1.78. The Morgan fingerprint density at radius 2 is 1.97 bits per heavy atom. The molecular formula is C25H27N3O4. The molecule has 7 heteroatoms. The fourth-order valence-electron chi connectivity index (χ4n) is 4.24. The predicted octanol–water partition coefficient (Wildman–Crippen LogP) is 0.167. The number of ether oxygens (including phenoxy) is 1. The van der Waals surface area contributed by atoms with E-state index in [-0.39, 0.29) is 5.57 Å². The standard InChI is InChI=1S/C25H27N3O4/c29-21(10-9-19-6-2-1-3-7-19)22-23(20-8-4-11-26-18-20)28(25(31)24(22)30)13-5-12-27-14-16-32-17-15-27/h1-4,6-11,18,23,30H,5,12-17H2. The fourth-order valence-corrected chi connectivity index (χ4v) is 4.24. The zero-order chi connectivity index (χ0) is 22.3. The van der Waals surface area contributed by atoms with Gasteiger partial charge in [-0.2, -0.15) is 0 Å². The maximum atomic E-state index is 13.1. The van der Waals surface area contributed by atoms with Crippen molar-refractivity contribution in [3.8, 4) is 0 Å². The molecule has 1 N–H and O–H groups in total. The van der Waals surface area contributed by atoms with Crippen LogP contribution in [0.15, 0.2) is 72.3 Å². The van der Waals surface area contributed by atoms with Crippen LogP contribution in [0.3, 0.4) is 0 Å². The van der Waals surface area contributed by atoms with Crippen LogP contribution in [-0.2, 0) is 14.3 Å². The topological polar surface area (TPSA) is 87.0 Å². The van der Waals surface area contributed by atoms with Gasteiger partial charge in [-0.3, -0.25) is 14.6 Å². The quantitative estimate of drug-likeness (QED) is 0.600. The van der Waals surface area contributed by atoms with Crippen molar-refractivity contribution in [1.82, 2.24) is 9.88 Å². The van der Waals surface area contributed by atoms with Crippen LogP contribution in [0.4, 0.5) is 0 Å². The number of pyridine rings is 1. The molecule has 1 saturated heterocycles. The van der Waals surface area contributed by atoms with Gasteiger partial charge in [0.05, 0.1) is 25.8 Å². The molecule has 1 unspecified atom stereocenters. The maximum Gasteiger partial charge on any atom is 0.239 e. The lowest BCUT2D eigenvalue weighted by Crippen LogP contribution is -3.14. The summed E-state index contributed by atoms with van der Waals surface area (Å²) >= 11 is 0. The number of benzene rings is 1. The van der Waals surface area contributed by atoms with E-state index in [4.69, 9.17) is 4.74 Å². The first-order valence-electron chi connectivity index (χ1n) is 11.0. The van der Waals surface area contributed by atoms with Crippen molar-refractivity contribution in [3.63, 3.8) is 0 Å². The molecule has 1 aromatic carbocycles. The molecule has 3 heterocycles. The molecule has 32 heavy (non-hydrogen) atoms. The van der Waals surface area contributed by atoms with E-state index in [1.165, 1.54) is 15.9 Å². The Labute approximate surface area is 187 Å². The zero-order valence-corrected chi connectivity index (χ0v) is 17.9. The summed E-state index contributed by atoms with van der Waals surface area (Å²) in [5, 5.41) is 12.9. The number of nitrogens with one attached hydrogen (secondary N) is 1. The summed E-state index contributed by atoms with van der Waals surface area (Å²) < 4.78 is 5.40. The van der Waals surface area contributed by atoms with Gasteiger partial charge in [-0.15, -0.1) is 0 Å². The van der Waals surface area contributed by atoms with E-state index in [2.05, 4.69) is 4.98 Å². The van der Waals surface area contributed by atoms with E-state index < -0.39 is 23.5 Å². The number of hydrogen-bond donors (Lipinski definition) is 1. The third-order valence-electron chi connectivity index (χ3n) is 5.91. The average molecular weight is 434 g/mol. The van der Waals surface area contributed by atoms with Gasteiger partial charge >= 0.3 is 0 Å². The number of allylic oxidation sites excluding steroid dienone is 1. The second-order valence-electron chi connectivity index (χ2n) is 8.00. The van der Waals surface area contributed by atoms with Crippen molar-refractivity contribution in [2.45, 2.75) is 12.5 Å². The lowest BCUT2D eigenvalue weighted by molar-refractivity contribution is -0.908. The highest BCUT2D eigenvalue weighted by Gasteiger charge is 2.38. The maximum absolute atomic E-state index is 13.1. The number of amides is 1. The van der Waals surface area contributed by atoms with Gasteiger partial charge < -0.3 is 19.6 Å². The largest absolute Gasteiger partial charge is 0.868 e. The molecule has 7 nitrogen and oxygen atoms in total. The van der Waals surface area contributed by atoms with Crippen LogP contribution in [0.1, 0.15) is 23.6 Å². The Kier molecular flexibility index (Phi) is 7.09. The Balaban J connectivity index is 1.54. The molecule has 1 aromatic heterocycles. The monoisotopic (exact) mass is 433 g/mol. The Hall–Kier alpha value is -3.29. The smallest absolute Gasteiger partial charge is 0.239 e. The van der Waals surface area contributed by atoms with Crippen LogP contribution in [-0.4, -0.2) is 61.0 Å². The van der Waals surface area contributed by atoms with E-state index in [1.54, 1.807) is 30.6 Å². The van der Waals surface area contributed by atoms with Crippen LogP contribution in [0, 0.1) is 0 Å². The number of carbonyl (C=O) groups excluding carboxylic acids is 2. The molecule has 1 amide bonds. The van der Waals surface area contributed by atoms with E-state index in [0.29, 0.717) is 12.1 Å². The van der Waals surface area contributed by atoms with Gasteiger partial charge in [0.2, 0.25) is 5.91 Å². The Morgan fingerprint density at radius 1 is 1.19 bits per heavy atom. The summed E-state index contributed by atoms with van der Waals surface area (Å²) in [5.41, 5.74) is 1.51. The van der Waals surface area contributed by atoms with Crippen molar-refractivity contribution in [2.24, 2.45) is 0 Å². The van der Waals surface area contributed by atoms with Gasteiger partial charge in [0.15, 0.2) is 5.78 Å². The number of quaternary nitrogens is 1. The summed E-state index contributed by atoms with van der Waals surface area (Å²) in [6, 6.07) is 12.2. The van der Waals surface area contributed by atoms with Gasteiger partial charge in [-0.25, -0.2) is 0 Å². The van der Waals surface area contributed by atoms with Crippen LogP contribution in [0.25, 0.3) is 6.08 Å². The molecule has 2 aromatic rings. The van der Waals surface area contributed by atoms with Crippen LogP contribution in [0.5, 0.6) is 0 Å². The second kappa shape index (κ2) is 10.3. The molecule has 4 rings (SSSR count). The van der Waals surface area contributed by atoms with E-state index >= 15 is 0 Å². The first kappa shape index (κ1) is 21.9. The molecule has 0 aliphatic carbocycles. The predicted molar refractivity (Wildman–Crippen MR) is 117 cm³/mol. The van der Waals surface area contributed by atoms with Crippen LogP contribution in [0.2, 0.25) is 0 Å². The van der Waals surface area contributed by atoms with Crippen LogP contribution >= 0.6 is 0 Å².